The number of halogens is 4. The summed E-state index contributed by atoms with van der Waals surface area (Å²) in [4.78, 5) is 4.62. The molecule has 13 heteroatoms. The van der Waals surface area contributed by atoms with E-state index in [0.29, 0.717) is 15.5 Å². The van der Waals surface area contributed by atoms with Gasteiger partial charge in [-0.05, 0) is 18.2 Å². The summed E-state index contributed by atoms with van der Waals surface area (Å²) in [5, 5.41) is 39.6. The molecule has 4 rings (SSSR count). The first kappa shape index (κ1) is 23.7. The normalized spacial score (nSPS) is 25.8. The lowest BCUT2D eigenvalue weighted by Crippen LogP contribution is -2.55. The zero-order valence-electron chi connectivity index (χ0n) is 16.0. The fourth-order valence-electron chi connectivity index (χ4n) is 3.33. The van der Waals surface area contributed by atoms with E-state index < -0.39 is 42.2 Å². The Hall–Kier alpha value is -1.50. The fraction of sp³-hybridized carbons (Fsp3) is 0.316. The predicted octanol–water partition coefficient (Wildman–Crippen LogP) is 3.21. The van der Waals surface area contributed by atoms with Crippen molar-refractivity contribution in [2.75, 3.05) is 6.61 Å². The van der Waals surface area contributed by atoms with Gasteiger partial charge in [0.25, 0.3) is 0 Å². The second kappa shape index (κ2) is 9.78. The van der Waals surface area contributed by atoms with Crippen molar-refractivity contribution < 1.29 is 24.4 Å². The highest BCUT2D eigenvalue weighted by molar-refractivity contribution is 7.99. The molecule has 2 aromatic heterocycles. The van der Waals surface area contributed by atoms with Crippen LogP contribution in [0.5, 0.6) is 0 Å². The Balaban J connectivity index is 1.64. The van der Waals surface area contributed by atoms with Crippen molar-refractivity contribution in [1.29, 1.82) is 0 Å². The van der Waals surface area contributed by atoms with Gasteiger partial charge in [0, 0.05) is 22.9 Å². The third-order valence-corrected chi connectivity index (χ3v) is 6.98. The van der Waals surface area contributed by atoms with Gasteiger partial charge >= 0.3 is 0 Å². The van der Waals surface area contributed by atoms with Crippen molar-refractivity contribution in [3.8, 4) is 11.3 Å². The van der Waals surface area contributed by atoms with Gasteiger partial charge in [0.05, 0.1) is 27.9 Å². The van der Waals surface area contributed by atoms with Crippen LogP contribution < -0.4 is 0 Å². The standard InChI is InChI=1S/C19H16Cl3FN4O4S/c20-9-3-10(5-24-4-9)32-19-18(30)16(17(29)14(7-28)31-19)27-6-13(25-26-27)8-1-11(21)15(22)12(23)2-8/h1-6,14,16-19,28-30H,7H2/t14?,16?,17-,18?,19+/m0/s1. The molecule has 1 aliphatic heterocycles. The Morgan fingerprint density at radius 3 is 2.59 bits per heavy atom. The first-order chi connectivity index (χ1) is 15.3. The fourth-order valence-corrected chi connectivity index (χ4v) is 4.97. The number of pyridine rings is 1. The first-order valence-electron chi connectivity index (χ1n) is 9.25. The van der Waals surface area contributed by atoms with E-state index in [-0.39, 0.29) is 15.7 Å². The van der Waals surface area contributed by atoms with Crippen LogP contribution in [0.1, 0.15) is 6.04 Å². The van der Waals surface area contributed by atoms with E-state index in [1.807, 2.05) is 0 Å². The molecule has 5 atom stereocenters. The summed E-state index contributed by atoms with van der Waals surface area (Å²) in [7, 11) is 0. The minimum atomic E-state index is -1.30. The molecule has 1 aliphatic rings. The van der Waals surface area contributed by atoms with Crippen molar-refractivity contribution in [3.63, 3.8) is 0 Å². The van der Waals surface area contributed by atoms with Gasteiger partial charge < -0.3 is 20.1 Å². The molecular formula is C19H16Cl3FN4O4S. The van der Waals surface area contributed by atoms with Crippen LogP contribution in [0.4, 0.5) is 4.39 Å². The van der Waals surface area contributed by atoms with E-state index >= 15 is 0 Å². The van der Waals surface area contributed by atoms with Crippen LogP contribution in [0.25, 0.3) is 11.3 Å². The zero-order valence-corrected chi connectivity index (χ0v) is 19.1. The molecule has 0 aliphatic carbocycles. The Labute approximate surface area is 200 Å². The Morgan fingerprint density at radius 1 is 1.12 bits per heavy atom. The largest absolute Gasteiger partial charge is 0.394 e. The minimum Gasteiger partial charge on any atom is -0.394 e. The van der Waals surface area contributed by atoms with Crippen molar-refractivity contribution in [1.82, 2.24) is 20.0 Å². The molecule has 0 saturated carbocycles. The van der Waals surface area contributed by atoms with Crippen LogP contribution in [0.2, 0.25) is 15.1 Å². The predicted molar refractivity (Wildman–Crippen MR) is 117 cm³/mol. The highest BCUT2D eigenvalue weighted by Gasteiger charge is 2.46. The summed E-state index contributed by atoms with van der Waals surface area (Å²) >= 11 is 18.8. The monoisotopic (exact) mass is 520 g/mol. The number of aliphatic hydroxyl groups excluding tert-OH is 3. The second-order valence-corrected chi connectivity index (χ2v) is 9.38. The minimum absolute atomic E-state index is 0.00860. The summed E-state index contributed by atoms with van der Waals surface area (Å²) in [6, 6.07) is 3.22. The smallest absolute Gasteiger partial charge is 0.143 e. The van der Waals surface area contributed by atoms with Crippen LogP contribution in [0.3, 0.4) is 0 Å². The van der Waals surface area contributed by atoms with E-state index in [0.717, 1.165) is 17.8 Å². The number of hydrogen-bond donors (Lipinski definition) is 3. The average Bonchev–Trinajstić information content (AvgIpc) is 3.23. The average molecular weight is 522 g/mol. The van der Waals surface area contributed by atoms with E-state index in [4.69, 9.17) is 39.5 Å². The SMILES string of the molecule is OCC1O[C@H](Sc2cncc(Cl)c2)C(O)C(n2cc(-c3cc(F)c(Cl)c(Cl)c3)nn2)[C@H]1O. The van der Waals surface area contributed by atoms with Crippen LogP contribution in [0, 0.1) is 5.82 Å². The molecule has 1 fully saturated rings. The number of aliphatic hydroxyl groups is 3. The molecule has 8 nitrogen and oxygen atoms in total. The van der Waals surface area contributed by atoms with Crippen molar-refractivity contribution in [3.05, 3.63) is 57.7 Å². The van der Waals surface area contributed by atoms with Crippen LogP contribution in [-0.4, -0.2) is 65.7 Å². The molecule has 0 bridgehead atoms. The number of nitrogens with zero attached hydrogens (tertiary/aromatic N) is 4. The van der Waals surface area contributed by atoms with E-state index in [9.17, 15) is 19.7 Å². The summed E-state index contributed by atoms with van der Waals surface area (Å²) in [6.07, 6.45) is 0.894. The van der Waals surface area contributed by atoms with Gasteiger partial charge in [0.15, 0.2) is 0 Å². The second-order valence-electron chi connectivity index (χ2n) is 6.99. The number of rotatable bonds is 5. The lowest BCUT2D eigenvalue weighted by molar-refractivity contribution is -0.178. The highest BCUT2D eigenvalue weighted by Crippen LogP contribution is 2.39. The summed E-state index contributed by atoms with van der Waals surface area (Å²) in [6.45, 7) is -0.491. The van der Waals surface area contributed by atoms with Gasteiger partial charge in [-0.1, -0.05) is 51.8 Å². The maximum absolute atomic E-state index is 14.0. The summed E-state index contributed by atoms with van der Waals surface area (Å²) < 4.78 is 20.9. The lowest BCUT2D eigenvalue weighted by atomic mass is 9.97. The molecule has 3 unspecified atom stereocenters. The van der Waals surface area contributed by atoms with E-state index in [2.05, 4.69) is 15.3 Å². The molecule has 32 heavy (non-hydrogen) atoms. The number of hydrogen-bond acceptors (Lipinski definition) is 8. The van der Waals surface area contributed by atoms with Crippen LogP contribution in [-0.2, 0) is 4.74 Å². The Bertz CT molecular complexity index is 1100. The van der Waals surface area contributed by atoms with Crippen LogP contribution in [0.15, 0.2) is 41.7 Å². The summed E-state index contributed by atoms with van der Waals surface area (Å²) in [5.74, 6) is -0.721. The van der Waals surface area contributed by atoms with Gasteiger partial charge in [-0.25, -0.2) is 9.07 Å². The molecule has 3 aromatic rings. The Kier molecular flexibility index (Phi) is 7.23. The molecule has 0 radical (unpaired) electrons. The van der Waals surface area contributed by atoms with E-state index in [1.165, 1.54) is 23.1 Å². The van der Waals surface area contributed by atoms with Gasteiger partial charge in [-0.15, -0.1) is 5.10 Å². The molecule has 1 saturated heterocycles. The number of thioether (sulfide) groups is 1. The molecule has 0 spiro atoms. The van der Waals surface area contributed by atoms with E-state index in [1.54, 1.807) is 12.3 Å². The quantitative estimate of drug-likeness (QED) is 0.439. The third-order valence-electron chi connectivity index (χ3n) is 4.88. The van der Waals surface area contributed by atoms with Crippen molar-refractivity contribution in [2.45, 2.75) is 34.7 Å². The molecular weight excluding hydrogens is 506 g/mol. The number of aromatic nitrogens is 4. The maximum Gasteiger partial charge on any atom is 0.143 e. The van der Waals surface area contributed by atoms with Crippen molar-refractivity contribution in [2.24, 2.45) is 0 Å². The molecule has 3 N–H and O–H groups in total. The van der Waals surface area contributed by atoms with Gasteiger partial charge in [-0.2, -0.15) is 0 Å². The number of benzene rings is 1. The van der Waals surface area contributed by atoms with Crippen molar-refractivity contribution >= 4 is 46.6 Å². The third kappa shape index (κ3) is 4.73. The zero-order chi connectivity index (χ0) is 23.0. The maximum atomic E-state index is 14.0. The topological polar surface area (TPSA) is 114 Å². The van der Waals surface area contributed by atoms with Gasteiger partial charge in [0.2, 0.25) is 0 Å². The molecule has 3 heterocycles. The van der Waals surface area contributed by atoms with Crippen LogP contribution >= 0.6 is 46.6 Å². The number of ether oxygens (including phenoxy) is 1. The highest BCUT2D eigenvalue weighted by atomic mass is 35.5. The van der Waals surface area contributed by atoms with Gasteiger partial charge in [0.1, 0.15) is 41.3 Å². The van der Waals surface area contributed by atoms with Gasteiger partial charge in [-0.3, -0.25) is 4.98 Å². The molecule has 170 valence electrons. The molecule has 0 amide bonds. The molecule has 1 aromatic carbocycles. The summed E-state index contributed by atoms with van der Waals surface area (Å²) in [5.41, 5.74) is -0.318. The first-order valence-corrected chi connectivity index (χ1v) is 11.3. The lowest BCUT2D eigenvalue weighted by Gasteiger charge is -2.41. The Morgan fingerprint density at radius 2 is 1.91 bits per heavy atom.